The average Bonchev–Trinajstić information content (AvgIpc) is 3.48. The van der Waals surface area contributed by atoms with Crippen molar-refractivity contribution in [2.75, 3.05) is 45.7 Å². The summed E-state index contributed by atoms with van der Waals surface area (Å²) in [6.07, 6.45) is 3.13. The van der Waals surface area contributed by atoms with Crippen molar-refractivity contribution in [3.05, 3.63) is 77.1 Å². The van der Waals surface area contributed by atoms with Gasteiger partial charge in [-0.15, -0.1) is 10.2 Å². The third kappa shape index (κ3) is 8.45. The van der Waals surface area contributed by atoms with Crippen molar-refractivity contribution in [1.29, 1.82) is 0 Å². The van der Waals surface area contributed by atoms with Gasteiger partial charge in [0.2, 0.25) is 5.82 Å². The highest BCUT2D eigenvalue weighted by molar-refractivity contribution is 5.92. The number of aromatic nitrogens is 5. The third-order valence-electron chi connectivity index (χ3n) is 8.33. The molecule has 256 valence electrons. The lowest BCUT2D eigenvalue weighted by atomic mass is 9.85. The Labute approximate surface area is 281 Å². The number of urea groups is 1. The highest BCUT2D eigenvalue weighted by atomic mass is 16.5. The van der Waals surface area contributed by atoms with Crippen LogP contribution >= 0.6 is 0 Å². The fourth-order valence-corrected chi connectivity index (χ4v) is 5.65. The predicted octanol–water partition coefficient (Wildman–Crippen LogP) is 5.02. The molecular weight excluding hydrogens is 610 g/mol. The molecule has 3 aromatic heterocycles. The summed E-state index contributed by atoms with van der Waals surface area (Å²) in [5.41, 5.74) is 3.05. The Bertz CT molecular complexity index is 1730. The minimum atomic E-state index is -0.418. The number of nitrogens with one attached hydrogen (secondary N) is 3. The molecule has 13 heteroatoms. The van der Waals surface area contributed by atoms with Gasteiger partial charge in [0, 0.05) is 44.1 Å². The van der Waals surface area contributed by atoms with Crippen LogP contribution in [0.3, 0.4) is 0 Å². The molecule has 13 nitrogen and oxygen atoms in total. The molecule has 3 N–H and O–H groups in total. The number of carbonyl (C=O) groups is 2. The molecule has 3 amide bonds. The summed E-state index contributed by atoms with van der Waals surface area (Å²) in [7, 11) is 3.62. The van der Waals surface area contributed by atoms with Gasteiger partial charge in [-0.3, -0.25) is 14.5 Å². The van der Waals surface area contributed by atoms with Crippen LogP contribution in [-0.2, 0) is 10.2 Å². The molecule has 3 heterocycles. The molecule has 0 bridgehead atoms. The van der Waals surface area contributed by atoms with E-state index in [2.05, 4.69) is 54.9 Å². The van der Waals surface area contributed by atoms with Crippen molar-refractivity contribution in [3.8, 4) is 5.75 Å². The second kappa shape index (κ2) is 15.1. The zero-order valence-corrected chi connectivity index (χ0v) is 28.9. The van der Waals surface area contributed by atoms with Gasteiger partial charge in [-0.05, 0) is 43.1 Å². The first kappa shape index (κ1) is 34.7. The van der Waals surface area contributed by atoms with Crippen molar-refractivity contribution in [2.24, 2.45) is 0 Å². The summed E-state index contributed by atoms with van der Waals surface area (Å²) >= 11 is 0. The number of carbonyl (C=O) groups excluding carboxylic acids is 2. The Morgan fingerprint density at radius 2 is 1.81 bits per heavy atom. The molecule has 5 rings (SSSR count). The van der Waals surface area contributed by atoms with Gasteiger partial charge in [0.25, 0.3) is 5.91 Å². The standard InChI is InChI=1S/C35H47N9O4/c1-22(2)32-42-41-30-15-12-23(21-44(30)32)48-27-14-13-26(24-10-8-9-11-25(24)27)37-34(46)40-29-20-28(35(3,4)5)38-31(39-29)33(45)36-16-17-43(6)18-19-47-7/h8-12,15,20-22,26-27H,13-14,16-19H2,1-7H3,(H,36,45)(H2,37,38,39,40,46)/t26-,27+/m0/s1. The summed E-state index contributed by atoms with van der Waals surface area (Å²) in [5.74, 6) is 1.68. The first-order valence-electron chi connectivity index (χ1n) is 16.5. The fourth-order valence-electron chi connectivity index (χ4n) is 5.65. The maximum atomic E-state index is 13.4. The normalized spacial score (nSPS) is 16.2. The number of benzene rings is 1. The second-order valence-electron chi connectivity index (χ2n) is 13.5. The van der Waals surface area contributed by atoms with Crippen molar-refractivity contribution >= 4 is 23.4 Å². The SMILES string of the molecule is COCCN(C)CCNC(=O)c1nc(NC(=O)N[C@H]2CC[C@@H](Oc3ccc4nnc(C(C)C)n4c3)c3ccccc32)cc(C(C)(C)C)n1. The van der Waals surface area contributed by atoms with E-state index in [1.54, 1.807) is 13.2 Å². The number of pyridine rings is 1. The van der Waals surface area contributed by atoms with Gasteiger partial charge in [0.05, 0.1) is 24.5 Å². The molecule has 0 saturated carbocycles. The van der Waals surface area contributed by atoms with Crippen molar-refractivity contribution in [2.45, 2.75) is 70.9 Å². The minimum Gasteiger partial charge on any atom is -0.484 e. The van der Waals surface area contributed by atoms with Gasteiger partial charge in [-0.2, -0.15) is 0 Å². The van der Waals surface area contributed by atoms with Gasteiger partial charge in [-0.25, -0.2) is 14.8 Å². The second-order valence-corrected chi connectivity index (χ2v) is 13.5. The molecular formula is C35H47N9O4. The minimum absolute atomic E-state index is 0.00505. The number of rotatable bonds is 12. The number of fused-ring (bicyclic) bond motifs is 2. The molecule has 4 aromatic rings. The first-order valence-corrected chi connectivity index (χ1v) is 16.5. The van der Waals surface area contributed by atoms with E-state index in [1.807, 2.05) is 74.8 Å². The van der Waals surface area contributed by atoms with E-state index in [0.717, 1.165) is 34.9 Å². The number of methoxy groups -OCH3 is 1. The van der Waals surface area contributed by atoms with Crippen LogP contribution in [0.25, 0.3) is 5.65 Å². The van der Waals surface area contributed by atoms with Crippen LogP contribution in [0.1, 0.15) is 98.8 Å². The summed E-state index contributed by atoms with van der Waals surface area (Å²) in [6.45, 7) is 12.6. The van der Waals surface area contributed by atoms with Crippen molar-refractivity contribution < 1.29 is 19.1 Å². The van der Waals surface area contributed by atoms with Crippen LogP contribution in [-0.4, -0.2) is 81.8 Å². The molecule has 48 heavy (non-hydrogen) atoms. The summed E-state index contributed by atoms with van der Waals surface area (Å²) < 4.78 is 13.6. The van der Waals surface area contributed by atoms with Crippen LogP contribution in [0.4, 0.5) is 10.6 Å². The zero-order chi connectivity index (χ0) is 34.4. The van der Waals surface area contributed by atoms with Crippen LogP contribution in [0.15, 0.2) is 48.7 Å². The van der Waals surface area contributed by atoms with Crippen molar-refractivity contribution in [1.82, 2.24) is 40.1 Å². The van der Waals surface area contributed by atoms with Crippen molar-refractivity contribution in [3.63, 3.8) is 0 Å². The number of amides is 3. The number of hydrogen-bond donors (Lipinski definition) is 3. The van der Waals surface area contributed by atoms with Gasteiger partial charge < -0.3 is 25.0 Å². The van der Waals surface area contributed by atoms with Gasteiger partial charge in [0.15, 0.2) is 5.65 Å². The molecule has 1 aromatic carbocycles. The first-order chi connectivity index (χ1) is 22.9. The van der Waals surface area contributed by atoms with Crippen LogP contribution in [0, 0.1) is 0 Å². The topological polar surface area (TPSA) is 148 Å². The van der Waals surface area contributed by atoms with Gasteiger partial charge >= 0.3 is 6.03 Å². The zero-order valence-electron chi connectivity index (χ0n) is 28.9. The monoisotopic (exact) mass is 657 g/mol. The summed E-state index contributed by atoms with van der Waals surface area (Å²) in [6, 6.07) is 12.9. The molecule has 0 radical (unpaired) electrons. The molecule has 0 saturated heterocycles. The Morgan fingerprint density at radius 3 is 2.54 bits per heavy atom. The number of hydrogen-bond acceptors (Lipinski definition) is 9. The molecule has 1 aliphatic rings. The third-order valence-corrected chi connectivity index (χ3v) is 8.33. The number of likely N-dealkylation sites (N-methyl/N-ethyl adjacent to an activating group) is 1. The van der Waals surface area contributed by atoms with E-state index in [1.165, 1.54) is 0 Å². The van der Waals surface area contributed by atoms with E-state index in [-0.39, 0.29) is 35.1 Å². The number of nitrogens with zero attached hydrogens (tertiary/aromatic N) is 6. The lowest BCUT2D eigenvalue weighted by Crippen LogP contribution is -2.37. The smallest absolute Gasteiger partial charge is 0.320 e. The van der Waals surface area contributed by atoms with Crippen LogP contribution < -0.4 is 20.7 Å². The molecule has 0 aliphatic heterocycles. The maximum absolute atomic E-state index is 13.4. The summed E-state index contributed by atoms with van der Waals surface area (Å²) in [5, 5.41) is 17.4. The lowest BCUT2D eigenvalue weighted by molar-refractivity contribution is 0.0936. The number of anilines is 1. The highest BCUT2D eigenvalue weighted by Gasteiger charge is 2.30. The number of ether oxygens (including phenoxy) is 2. The van der Waals surface area contributed by atoms with E-state index >= 15 is 0 Å². The molecule has 1 aliphatic carbocycles. The Kier molecular flexibility index (Phi) is 10.9. The van der Waals surface area contributed by atoms with Gasteiger partial charge in [0.1, 0.15) is 23.5 Å². The van der Waals surface area contributed by atoms with E-state index in [9.17, 15) is 9.59 Å². The highest BCUT2D eigenvalue weighted by Crippen LogP contribution is 2.39. The van der Waals surface area contributed by atoms with E-state index in [4.69, 9.17) is 9.47 Å². The Morgan fingerprint density at radius 1 is 1.04 bits per heavy atom. The van der Waals surface area contributed by atoms with Crippen LogP contribution in [0.2, 0.25) is 0 Å². The molecule has 0 fully saturated rings. The Balaban J connectivity index is 1.27. The van der Waals surface area contributed by atoms with Gasteiger partial charge in [-0.1, -0.05) is 58.9 Å². The maximum Gasteiger partial charge on any atom is 0.320 e. The molecule has 0 spiro atoms. The average molecular weight is 658 g/mol. The molecule has 0 unspecified atom stereocenters. The van der Waals surface area contributed by atoms with E-state index in [0.29, 0.717) is 38.2 Å². The molecule has 2 atom stereocenters. The fraction of sp³-hybridized carbons (Fsp3) is 0.486. The lowest BCUT2D eigenvalue weighted by Gasteiger charge is -2.32. The van der Waals surface area contributed by atoms with Crippen LogP contribution in [0.5, 0.6) is 5.75 Å². The summed E-state index contributed by atoms with van der Waals surface area (Å²) in [4.78, 5) is 37.4. The quantitative estimate of drug-likeness (QED) is 0.191. The van der Waals surface area contributed by atoms with E-state index < -0.39 is 11.9 Å². The Hall–Kier alpha value is -4.62. The largest absolute Gasteiger partial charge is 0.484 e. The predicted molar refractivity (Wildman–Crippen MR) is 183 cm³/mol.